The van der Waals surface area contributed by atoms with Crippen molar-refractivity contribution in [3.8, 4) is 0 Å². The number of hydrogen-bond donors (Lipinski definition) is 4. The van der Waals surface area contributed by atoms with Crippen LogP contribution in [0.3, 0.4) is 0 Å². The Morgan fingerprint density at radius 1 is 1.18 bits per heavy atom. The van der Waals surface area contributed by atoms with Crippen molar-refractivity contribution in [2.75, 3.05) is 0 Å². The van der Waals surface area contributed by atoms with Gasteiger partial charge in [-0.2, -0.15) is 0 Å². The second kappa shape index (κ2) is 10.1. The summed E-state index contributed by atoms with van der Waals surface area (Å²) in [5.74, 6) is -1.74. The highest BCUT2D eigenvalue weighted by Crippen LogP contribution is 2.12. The van der Waals surface area contributed by atoms with Gasteiger partial charge in [0.1, 0.15) is 6.10 Å². The molecule has 0 aromatic carbocycles. The number of esters is 1. The average molecular weight is 316 g/mol. The minimum atomic E-state index is -1.23. The summed E-state index contributed by atoms with van der Waals surface area (Å²) < 4.78 is 5.10. The monoisotopic (exact) mass is 316 g/mol. The van der Waals surface area contributed by atoms with Crippen molar-refractivity contribution in [1.29, 1.82) is 0 Å². The van der Waals surface area contributed by atoms with Gasteiger partial charge < -0.3 is 25.2 Å². The van der Waals surface area contributed by atoms with Crippen LogP contribution in [-0.2, 0) is 14.3 Å². The molecule has 0 rings (SSSR count). The number of carboxylic acid groups (broad SMARTS) is 1. The standard InChI is InChI=1S/C15H24O7/c1-4-9(2)15(21)22-13(7-5-11(17)10(3)16)12(18)6-8-14(19)20/h4-5,7,10-13,16-18H,6,8H2,1-3H3,(H,19,20)/b7-5-,9-4+/t10-,11+,12-,13-/m1/s1. The lowest BCUT2D eigenvalue weighted by Gasteiger charge is -2.21. The van der Waals surface area contributed by atoms with Crippen molar-refractivity contribution in [2.45, 2.75) is 58.0 Å². The number of carboxylic acids is 1. The number of carbonyl (C=O) groups excluding carboxylic acids is 1. The van der Waals surface area contributed by atoms with E-state index in [0.29, 0.717) is 5.57 Å². The number of rotatable bonds is 9. The molecular weight excluding hydrogens is 292 g/mol. The lowest BCUT2D eigenvalue weighted by atomic mass is 10.1. The fourth-order valence-electron chi connectivity index (χ4n) is 1.40. The van der Waals surface area contributed by atoms with E-state index in [-0.39, 0.29) is 12.8 Å². The van der Waals surface area contributed by atoms with Crippen molar-refractivity contribution in [2.24, 2.45) is 0 Å². The minimum absolute atomic E-state index is 0.114. The molecule has 0 fully saturated rings. The summed E-state index contributed by atoms with van der Waals surface area (Å²) >= 11 is 0. The molecule has 0 heterocycles. The molecule has 22 heavy (non-hydrogen) atoms. The minimum Gasteiger partial charge on any atom is -0.481 e. The maximum Gasteiger partial charge on any atom is 0.334 e. The van der Waals surface area contributed by atoms with Gasteiger partial charge in [-0.3, -0.25) is 4.79 Å². The third-order valence-corrected chi connectivity index (χ3v) is 3.02. The van der Waals surface area contributed by atoms with E-state index in [2.05, 4.69) is 0 Å². The molecule has 0 bridgehead atoms. The molecule has 4 atom stereocenters. The summed E-state index contributed by atoms with van der Waals surface area (Å²) in [6.45, 7) is 4.57. The highest BCUT2D eigenvalue weighted by molar-refractivity contribution is 5.87. The molecule has 0 unspecified atom stereocenters. The number of aliphatic carboxylic acids is 1. The van der Waals surface area contributed by atoms with Gasteiger partial charge in [0.25, 0.3) is 0 Å². The van der Waals surface area contributed by atoms with E-state index in [4.69, 9.17) is 9.84 Å². The summed E-state index contributed by atoms with van der Waals surface area (Å²) in [5.41, 5.74) is 0.333. The van der Waals surface area contributed by atoms with E-state index in [1.165, 1.54) is 32.1 Å². The quantitative estimate of drug-likeness (QED) is 0.275. The number of ether oxygens (including phenoxy) is 1. The van der Waals surface area contributed by atoms with Gasteiger partial charge >= 0.3 is 11.9 Å². The van der Waals surface area contributed by atoms with E-state index in [1.807, 2.05) is 0 Å². The predicted molar refractivity (Wildman–Crippen MR) is 79.0 cm³/mol. The van der Waals surface area contributed by atoms with Gasteiger partial charge in [0, 0.05) is 12.0 Å². The van der Waals surface area contributed by atoms with Gasteiger partial charge in [-0.15, -0.1) is 0 Å². The molecule has 0 aliphatic heterocycles. The van der Waals surface area contributed by atoms with Gasteiger partial charge in [0.2, 0.25) is 0 Å². The molecule has 0 aliphatic rings. The Kier molecular flexibility index (Phi) is 9.32. The van der Waals surface area contributed by atoms with Crippen LogP contribution in [0.15, 0.2) is 23.8 Å². The Bertz CT molecular complexity index is 426. The van der Waals surface area contributed by atoms with Crippen molar-refractivity contribution < 1.29 is 34.8 Å². The zero-order valence-corrected chi connectivity index (χ0v) is 13.0. The maximum atomic E-state index is 11.7. The van der Waals surface area contributed by atoms with Crippen LogP contribution in [0, 0.1) is 0 Å². The summed E-state index contributed by atoms with van der Waals surface area (Å²) in [6, 6.07) is 0. The second-order valence-corrected chi connectivity index (χ2v) is 4.96. The van der Waals surface area contributed by atoms with Gasteiger partial charge in [0.15, 0.2) is 0 Å². The van der Waals surface area contributed by atoms with Crippen LogP contribution in [0.2, 0.25) is 0 Å². The molecule has 0 aromatic heterocycles. The molecule has 0 amide bonds. The summed E-state index contributed by atoms with van der Waals surface area (Å²) in [6.07, 6.45) is -0.990. The van der Waals surface area contributed by atoms with Crippen LogP contribution in [0.25, 0.3) is 0 Å². The van der Waals surface area contributed by atoms with Crippen LogP contribution >= 0.6 is 0 Å². The first-order chi connectivity index (χ1) is 10.2. The number of allylic oxidation sites excluding steroid dienone is 1. The number of hydrogen-bond acceptors (Lipinski definition) is 6. The molecule has 7 nitrogen and oxygen atoms in total. The Labute approximate surface area is 129 Å². The van der Waals surface area contributed by atoms with Gasteiger partial charge in [-0.05, 0) is 33.3 Å². The first-order valence-electron chi connectivity index (χ1n) is 6.97. The molecule has 0 radical (unpaired) electrons. The van der Waals surface area contributed by atoms with Crippen molar-refractivity contribution >= 4 is 11.9 Å². The fourth-order valence-corrected chi connectivity index (χ4v) is 1.40. The Balaban J connectivity index is 4.97. The van der Waals surface area contributed by atoms with E-state index in [1.54, 1.807) is 6.92 Å². The molecule has 0 saturated carbocycles. The van der Waals surface area contributed by atoms with Crippen LogP contribution in [-0.4, -0.2) is 56.8 Å². The maximum absolute atomic E-state index is 11.7. The first kappa shape index (κ1) is 20.3. The molecule has 0 spiro atoms. The molecule has 0 aromatic rings. The zero-order valence-electron chi connectivity index (χ0n) is 13.0. The van der Waals surface area contributed by atoms with E-state index in [9.17, 15) is 24.9 Å². The summed E-state index contributed by atoms with van der Waals surface area (Å²) in [5, 5.41) is 37.3. The molecule has 0 aliphatic carbocycles. The molecule has 0 saturated heterocycles. The van der Waals surface area contributed by atoms with Gasteiger partial charge in [0.05, 0.1) is 18.3 Å². The zero-order chi connectivity index (χ0) is 17.3. The largest absolute Gasteiger partial charge is 0.481 e. The van der Waals surface area contributed by atoms with E-state index >= 15 is 0 Å². The van der Waals surface area contributed by atoms with Crippen LogP contribution in [0.4, 0.5) is 0 Å². The van der Waals surface area contributed by atoms with E-state index in [0.717, 1.165) is 0 Å². The average Bonchev–Trinajstić information content (AvgIpc) is 2.46. The lowest BCUT2D eigenvalue weighted by molar-refractivity contribution is -0.147. The Morgan fingerprint density at radius 2 is 1.77 bits per heavy atom. The SMILES string of the molecule is C/C=C(\C)C(=O)O[C@H](/C=C\[C@H](O)[C@@H](C)O)[C@H](O)CCC(=O)O. The van der Waals surface area contributed by atoms with E-state index < -0.39 is 36.4 Å². The Hall–Kier alpha value is -1.70. The summed E-state index contributed by atoms with van der Waals surface area (Å²) in [4.78, 5) is 22.3. The van der Waals surface area contributed by atoms with Crippen LogP contribution in [0.5, 0.6) is 0 Å². The predicted octanol–water partition coefficient (Wildman–Crippen LogP) is 0.388. The summed E-state index contributed by atoms with van der Waals surface area (Å²) in [7, 11) is 0. The molecule has 7 heteroatoms. The number of aliphatic hydroxyl groups is 3. The van der Waals surface area contributed by atoms with Crippen LogP contribution in [0.1, 0.15) is 33.6 Å². The van der Waals surface area contributed by atoms with Crippen molar-refractivity contribution in [1.82, 2.24) is 0 Å². The second-order valence-electron chi connectivity index (χ2n) is 4.96. The molecule has 126 valence electrons. The van der Waals surface area contributed by atoms with Crippen molar-refractivity contribution in [3.05, 3.63) is 23.8 Å². The molecular formula is C15H24O7. The molecule has 4 N–H and O–H groups in total. The first-order valence-corrected chi connectivity index (χ1v) is 6.97. The third kappa shape index (κ3) is 7.92. The van der Waals surface area contributed by atoms with Crippen molar-refractivity contribution in [3.63, 3.8) is 0 Å². The Morgan fingerprint density at radius 3 is 2.23 bits per heavy atom. The van der Waals surface area contributed by atoms with Gasteiger partial charge in [-0.1, -0.05) is 12.2 Å². The highest BCUT2D eigenvalue weighted by atomic mass is 16.6. The lowest BCUT2D eigenvalue weighted by Crippen LogP contribution is -2.31. The fraction of sp³-hybridized carbons (Fsp3) is 0.600. The third-order valence-electron chi connectivity index (χ3n) is 3.02. The highest BCUT2D eigenvalue weighted by Gasteiger charge is 2.23. The topological polar surface area (TPSA) is 124 Å². The smallest absolute Gasteiger partial charge is 0.334 e. The normalized spacial score (nSPS) is 17.8. The number of aliphatic hydroxyl groups excluding tert-OH is 3. The number of carbonyl (C=O) groups is 2. The van der Waals surface area contributed by atoms with Gasteiger partial charge in [-0.25, -0.2) is 4.79 Å². The van der Waals surface area contributed by atoms with Crippen LogP contribution < -0.4 is 0 Å².